The van der Waals surface area contributed by atoms with Gasteiger partial charge in [-0.25, -0.2) is 4.98 Å². The van der Waals surface area contributed by atoms with E-state index in [9.17, 15) is 0 Å². The number of hydrogen-bond acceptors (Lipinski definition) is 3. The number of hydrogen-bond donors (Lipinski definition) is 1. The zero-order valence-corrected chi connectivity index (χ0v) is 11.9. The third kappa shape index (κ3) is 2.94. The zero-order valence-electron chi connectivity index (χ0n) is 11.1. The highest BCUT2D eigenvalue weighted by molar-refractivity contribution is 6.30. The van der Waals surface area contributed by atoms with Gasteiger partial charge in [-0.15, -0.1) is 0 Å². The van der Waals surface area contributed by atoms with Gasteiger partial charge in [0.1, 0.15) is 6.10 Å². The van der Waals surface area contributed by atoms with E-state index in [4.69, 9.17) is 16.3 Å². The molecule has 2 heterocycles. The number of ether oxygens (including phenoxy) is 1. The summed E-state index contributed by atoms with van der Waals surface area (Å²) in [4.78, 5) is 4.08. The maximum absolute atomic E-state index is 6.18. The Morgan fingerprint density at radius 2 is 2.05 bits per heavy atom. The molecule has 0 radical (unpaired) electrons. The molecule has 1 aliphatic rings. The Kier molecular flexibility index (Phi) is 4.19. The molecule has 4 heteroatoms. The summed E-state index contributed by atoms with van der Waals surface area (Å²) < 4.78 is 6.18. The summed E-state index contributed by atoms with van der Waals surface area (Å²) in [6.45, 7) is 2.01. The van der Waals surface area contributed by atoms with Crippen molar-refractivity contribution in [2.75, 3.05) is 13.1 Å². The van der Waals surface area contributed by atoms with Gasteiger partial charge >= 0.3 is 0 Å². The fourth-order valence-corrected chi connectivity index (χ4v) is 2.77. The molecule has 1 N–H and O–H groups in total. The zero-order chi connectivity index (χ0) is 13.8. The van der Waals surface area contributed by atoms with E-state index in [-0.39, 0.29) is 6.10 Å². The smallest absolute Gasteiger partial charge is 0.171 e. The van der Waals surface area contributed by atoms with Crippen LogP contribution in [0, 0.1) is 5.92 Å². The van der Waals surface area contributed by atoms with E-state index in [1.165, 1.54) is 5.56 Å². The maximum Gasteiger partial charge on any atom is 0.171 e. The fourth-order valence-electron chi connectivity index (χ4n) is 2.61. The molecule has 1 aromatic carbocycles. The van der Waals surface area contributed by atoms with Crippen molar-refractivity contribution in [3.8, 4) is 5.75 Å². The molecule has 0 aliphatic carbocycles. The average molecular weight is 289 g/mol. The van der Waals surface area contributed by atoms with Crippen LogP contribution in [0.4, 0.5) is 0 Å². The van der Waals surface area contributed by atoms with Gasteiger partial charge in [-0.05, 0) is 30.7 Å². The van der Waals surface area contributed by atoms with Crippen molar-refractivity contribution in [1.82, 2.24) is 10.3 Å². The van der Waals surface area contributed by atoms with Crippen molar-refractivity contribution in [3.05, 3.63) is 59.4 Å². The molecule has 1 unspecified atom stereocenters. The highest BCUT2D eigenvalue weighted by Gasteiger charge is 2.28. The van der Waals surface area contributed by atoms with Crippen molar-refractivity contribution in [1.29, 1.82) is 0 Å². The van der Waals surface area contributed by atoms with Gasteiger partial charge in [0.25, 0.3) is 0 Å². The molecule has 0 saturated carbocycles. The Balaban J connectivity index is 1.88. The third-order valence-electron chi connectivity index (χ3n) is 3.63. The summed E-state index contributed by atoms with van der Waals surface area (Å²) in [6, 6.07) is 14.0. The normalized spacial score (nSPS) is 19.8. The monoisotopic (exact) mass is 288 g/mol. The number of pyridine rings is 1. The lowest BCUT2D eigenvalue weighted by Gasteiger charge is -2.25. The Labute approximate surface area is 123 Å². The molecule has 3 nitrogen and oxygen atoms in total. The summed E-state index contributed by atoms with van der Waals surface area (Å²) in [5.41, 5.74) is 1.18. The highest BCUT2D eigenvalue weighted by Crippen LogP contribution is 2.34. The molecule has 1 aliphatic heterocycles. The Bertz CT molecular complexity index is 555. The Hall–Kier alpha value is -1.58. The van der Waals surface area contributed by atoms with Gasteiger partial charge in [0, 0.05) is 18.7 Å². The lowest BCUT2D eigenvalue weighted by molar-refractivity contribution is 0.144. The fraction of sp³-hybridized carbons (Fsp3) is 0.312. The van der Waals surface area contributed by atoms with Gasteiger partial charge in [0.15, 0.2) is 10.9 Å². The number of nitrogens with one attached hydrogen (secondary N) is 1. The molecule has 1 aromatic heterocycles. The first kappa shape index (κ1) is 13.4. The lowest BCUT2D eigenvalue weighted by atomic mass is 9.95. The van der Waals surface area contributed by atoms with E-state index < -0.39 is 0 Å². The highest BCUT2D eigenvalue weighted by atomic mass is 35.5. The van der Waals surface area contributed by atoms with E-state index in [0.717, 1.165) is 19.5 Å². The van der Waals surface area contributed by atoms with Crippen LogP contribution < -0.4 is 10.1 Å². The predicted octanol–water partition coefficient (Wildman–Crippen LogP) is 3.46. The summed E-state index contributed by atoms with van der Waals surface area (Å²) in [5, 5.41) is 3.81. The van der Waals surface area contributed by atoms with E-state index in [0.29, 0.717) is 16.8 Å². The van der Waals surface area contributed by atoms with Crippen molar-refractivity contribution in [2.24, 2.45) is 5.92 Å². The quantitative estimate of drug-likeness (QED) is 0.875. The minimum absolute atomic E-state index is 0.00731. The van der Waals surface area contributed by atoms with Gasteiger partial charge in [-0.2, -0.15) is 0 Å². The first-order chi connectivity index (χ1) is 9.84. The maximum atomic E-state index is 6.18. The second kappa shape index (κ2) is 6.25. The molecular weight excluding hydrogens is 272 g/mol. The summed E-state index contributed by atoms with van der Waals surface area (Å²) in [5.74, 6) is 1.10. The van der Waals surface area contributed by atoms with Crippen LogP contribution in [-0.4, -0.2) is 18.1 Å². The predicted molar refractivity (Wildman–Crippen MR) is 80.0 cm³/mol. The Morgan fingerprint density at radius 1 is 1.20 bits per heavy atom. The summed E-state index contributed by atoms with van der Waals surface area (Å²) in [7, 11) is 0. The number of nitrogens with zero attached hydrogens (tertiary/aromatic N) is 1. The van der Waals surface area contributed by atoms with Gasteiger partial charge in [-0.3, -0.25) is 0 Å². The molecule has 1 fully saturated rings. The van der Waals surface area contributed by atoms with Crippen molar-refractivity contribution in [3.63, 3.8) is 0 Å². The van der Waals surface area contributed by atoms with E-state index in [1.807, 2.05) is 30.3 Å². The van der Waals surface area contributed by atoms with Gasteiger partial charge in [-0.1, -0.05) is 41.9 Å². The largest absolute Gasteiger partial charge is 0.482 e. The Morgan fingerprint density at radius 3 is 2.75 bits per heavy atom. The number of aromatic nitrogens is 1. The SMILES string of the molecule is Clc1ncccc1OC(c1ccccc1)[C@H]1CCNC1. The molecule has 1 saturated heterocycles. The van der Waals surface area contributed by atoms with Crippen LogP contribution in [0.2, 0.25) is 5.15 Å². The van der Waals surface area contributed by atoms with Gasteiger partial charge in [0.2, 0.25) is 0 Å². The van der Waals surface area contributed by atoms with Crippen LogP contribution in [0.1, 0.15) is 18.1 Å². The molecule has 0 bridgehead atoms. The lowest BCUT2D eigenvalue weighted by Crippen LogP contribution is -2.21. The minimum Gasteiger partial charge on any atom is -0.482 e. The molecule has 0 spiro atoms. The van der Waals surface area contributed by atoms with Gasteiger partial charge < -0.3 is 10.1 Å². The van der Waals surface area contributed by atoms with Crippen molar-refractivity contribution >= 4 is 11.6 Å². The number of halogens is 1. The second-order valence-corrected chi connectivity index (χ2v) is 5.35. The minimum atomic E-state index is 0.00731. The van der Waals surface area contributed by atoms with Crippen LogP contribution in [0.5, 0.6) is 5.75 Å². The molecule has 2 atom stereocenters. The molecule has 20 heavy (non-hydrogen) atoms. The van der Waals surface area contributed by atoms with Crippen molar-refractivity contribution < 1.29 is 4.74 Å². The van der Waals surface area contributed by atoms with Crippen LogP contribution in [-0.2, 0) is 0 Å². The number of benzene rings is 1. The van der Waals surface area contributed by atoms with Gasteiger partial charge in [0.05, 0.1) is 0 Å². The third-order valence-corrected chi connectivity index (χ3v) is 3.92. The molecule has 104 valence electrons. The number of rotatable bonds is 4. The van der Waals surface area contributed by atoms with Crippen molar-refractivity contribution in [2.45, 2.75) is 12.5 Å². The van der Waals surface area contributed by atoms with E-state index in [2.05, 4.69) is 22.4 Å². The molecule has 0 amide bonds. The van der Waals surface area contributed by atoms with Crippen LogP contribution in [0.3, 0.4) is 0 Å². The second-order valence-electron chi connectivity index (χ2n) is 4.99. The van der Waals surface area contributed by atoms with E-state index >= 15 is 0 Å². The molecular formula is C16H17ClN2O. The van der Waals surface area contributed by atoms with Crippen LogP contribution in [0.25, 0.3) is 0 Å². The molecule has 3 rings (SSSR count). The van der Waals surface area contributed by atoms with Crippen LogP contribution >= 0.6 is 11.6 Å². The standard InChI is InChI=1S/C16H17ClN2O/c17-16-14(7-4-9-19-16)20-15(13-8-10-18-11-13)12-5-2-1-3-6-12/h1-7,9,13,15,18H,8,10-11H2/t13-,15?/m0/s1. The summed E-state index contributed by atoms with van der Waals surface area (Å²) >= 11 is 6.11. The average Bonchev–Trinajstić information content (AvgIpc) is 3.01. The van der Waals surface area contributed by atoms with Crippen LogP contribution in [0.15, 0.2) is 48.7 Å². The van der Waals surface area contributed by atoms with E-state index in [1.54, 1.807) is 6.20 Å². The topological polar surface area (TPSA) is 34.1 Å². The first-order valence-corrected chi connectivity index (χ1v) is 7.25. The summed E-state index contributed by atoms with van der Waals surface area (Å²) in [6.07, 6.45) is 2.79. The molecule has 2 aromatic rings. The first-order valence-electron chi connectivity index (χ1n) is 6.87.